The molecular formula is C33H30OP2Rh. The van der Waals surface area contributed by atoms with Gasteiger partial charge in [-0.3, -0.25) is 0 Å². The van der Waals surface area contributed by atoms with Gasteiger partial charge in [-0.25, -0.2) is 0 Å². The van der Waals surface area contributed by atoms with Crippen LogP contribution in [0, 0.1) is 6.65 Å². The van der Waals surface area contributed by atoms with E-state index in [9.17, 15) is 0 Å². The first-order chi connectivity index (χ1) is 17.9. The van der Waals surface area contributed by atoms with Gasteiger partial charge in [-0.2, -0.15) is 0 Å². The molecule has 0 heterocycles. The normalized spacial score (nSPS) is 9.76. The van der Waals surface area contributed by atoms with Crippen LogP contribution in [0.2, 0.25) is 0 Å². The van der Waals surface area contributed by atoms with E-state index in [2.05, 4.69) is 165 Å². The van der Waals surface area contributed by atoms with Crippen LogP contribution in [0.15, 0.2) is 152 Å². The second-order valence-corrected chi connectivity index (χ2v) is 12.5. The van der Waals surface area contributed by atoms with Gasteiger partial charge in [0.2, 0.25) is 0 Å². The summed E-state index contributed by atoms with van der Waals surface area (Å²) in [6.45, 7) is 6.77. The van der Waals surface area contributed by atoms with Crippen molar-refractivity contribution in [1.29, 1.82) is 0 Å². The van der Waals surface area contributed by atoms with E-state index in [1.165, 1.54) is 32.7 Å². The zero-order chi connectivity index (χ0) is 25.4. The van der Waals surface area contributed by atoms with Crippen molar-refractivity contribution in [3.63, 3.8) is 0 Å². The average Bonchev–Trinajstić information content (AvgIpc) is 2.98. The molecule has 0 N–H and O–H groups in total. The molecule has 5 aromatic rings. The predicted molar refractivity (Wildman–Crippen MR) is 159 cm³/mol. The monoisotopic (exact) mass is 607 g/mol. The van der Waals surface area contributed by atoms with Crippen LogP contribution in [-0.4, -0.2) is 6.16 Å². The topological polar surface area (TPSA) is 19.9 Å². The first-order valence-electron chi connectivity index (χ1n) is 11.9. The minimum atomic E-state index is -0.446. The molecule has 0 aromatic heterocycles. The molecule has 0 saturated carbocycles. The zero-order valence-electron chi connectivity index (χ0n) is 20.8. The van der Waals surface area contributed by atoms with E-state index in [-0.39, 0.29) is 27.4 Å². The Morgan fingerprint density at radius 1 is 0.432 bits per heavy atom. The first-order valence-corrected chi connectivity index (χ1v) is 14.8. The molecule has 1 radical (unpaired) electrons. The summed E-state index contributed by atoms with van der Waals surface area (Å²) in [5.41, 5.74) is 0. The fourth-order valence-electron chi connectivity index (χ4n) is 3.91. The van der Waals surface area contributed by atoms with Crippen molar-refractivity contribution in [3.05, 3.63) is 158 Å². The molecule has 5 rings (SSSR count). The van der Waals surface area contributed by atoms with Gasteiger partial charge >= 0.3 is 11.3 Å². The third-order valence-electron chi connectivity index (χ3n) is 5.50. The predicted octanol–water partition coefficient (Wildman–Crippen LogP) is 6.54. The molecule has 0 unspecified atom stereocenters. The summed E-state index contributed by atoms with van der Waals surface area (Å²) >= 11 is 0. The molecule has 0 atom stereocenters. The van der Waals surface area contributed by atoms with Gasteiger partial charge in [0.05, 0.1) is 0 Å². The number of benzene rings is 5. The maximum absolute atomic E-state index is 7.50. The van der Waals surface area contributed by atoms with Gasteiger partial charge < -0.3 is 0 Å². The van der Waals surface area contributed by atoms with E-state index >= 15 is 0 Å². The third-order valence-corrected chi connectivity index (χ3v) is 10.4. The van der Waals surface area contributed by atoms with E-state index in [1.54, 1.807) is 0 Å². The SMILES string of the molecule is CCP(c1ccccc1)c1ccccc1.[C-]#[O+].[Rh].c1ccc(P(c2ccccc2)c2ccccc2)cc1. The van der Waals surface area contributed by atoms with Gasteiger partial charge in [-0.05, 0) is 48.5 Å². The van der Waals surface area contributed by atoms with Gasteiger partial charge in [0, 0.05) is 19.5 Å². The molecule has 0 fully saturated rings. The second kappa shape index (κ2) is 17.7. The summed E-state index contributed by atoms with van der Waals surface area (Å²) in [5, 5.41) is 7.14. The van der Waals surface area contributed by atoms with Crippen molar-refractivity contribution >= 4 is 42.4 Å². The van der Waals surface area contributed by atoms with Crippen LogP contribution in [0.4, 0.5) is 0 Å². The summed E-state index contributed by atoms with van der Waals surface area (Å²) < 4.78 is 7.50. The number of hydrogen-bond acceptors (Lipinski definition) is 0. The van der Waals surface area contributed by atoms with E-state index in [4.69, 9.17) is 4.65 Å². The molecular weight excluding hydrogens is 577 g/mol. The Labute approximate surface area is 237 Å². The summed E-state index contributed by atoms with van der Waals surface area (Å²) in [6, 6.07) is 54.0. The van der Waals surface area contributed by atoms with Gasteiger partial charge in [0.15, 0.2) is 0 Å². The van der Waals surface area contributed by atoms with Gasteiger partial charge in [-0.1, -0.05) is 159 Å². The summed E-state index contributed by atoms with van der Waals surface area (Å²) in [5.74, 6) is 0. The largest absolute Gasteiger partial charge is 0.0622 e. The Hall–Kier alpha value is -2.68. The van der Waals surface area contributed by atoms with Crippen molar-refractivity contribution < 1.29 is 24.1 Å². The summed E-state index contributed by atoms with van der Waals surface area (Å²) in [4.78, 5) is 0. The molecule has 0 aliphatic rings. The van der Waals surface area contributed by atoms with Gasteiger partial charge in [0.25, 0.3) is 0 Å². The smallest absolute Gasteiger partial charge is 0 e. The van der Waals surface area contributed by atoms with Crippen LogP contribution < -0.4 is 26.5 Å². The molecule has 0 bridgehead atoms. The number of rotatable bonds is 6. The maximum Gasteiger partial charge on any atom is 0 e. The Kier molecular flexibility index (Phi) is 14.6. The zero-order valence-corrected chi connectivity index (χ0v) is 24.2. The van der Waals surface area contributed by atoms with Crippen molar-refractivity contribution in [1.82, 2.24) is 0 Å². The fraction of sp³-hybridized carbons (Fsp3) is 0.0606. The molecule has 0 spiro atoms. The Bertz CT molecular complexity index is 1130. The Morgan fingerprint density at radius 3 is 0.865 bits per heavy atom. The molecule has 37 heavy (non-hydrogen) atoms. The average molecular weight is 607 g/mol. The molecule has 187 valence electrons. The fourth-order valence-corrected chi connectivity index (χ4v) is 8.31. The summed E-state index contributed by atoms with van der Waals surface area (Å²) in [6.07, 6.45) is 1.21. The molecule has 1 nitrogen and oxygen atoms in total. The molecule has 0 aliphatic carbocycles. The van der Waals surface area contributed by atoms with Crippen molar-refractivity contribution in [2.45, 2.75) is 6.92 Å². The van der Waals surface area contributed by atoms with E-state index in [1.807, 2.05) is 0 Å². The van der Waals surface area contributed by atoms with Crippen molar-refractivity contribution in [2.75, 3.05) is 6.16 Å². The van der Waals surface area contributed by atoms with Crippen LogP contribution in [0.3, 0.4) is 0 Å². The molecule has 0 amide bonds. The molecule has 0 aliphatic heterocycles. The minimum Gasteiger partial charge on any atom is -0.0622 e. The van der Waals surface area contributed by atoms with E-state index in [0.717, 1.165) is 0 Å². The molecule has 0 saturated heterocycles. The van der Waals surface area contributed by atoms with Crippen molar-refractivity contribution in [3.8, 4) is 0 Å². The maximum atomic E-state index is 7.50. The number of hydrogen-bond donors (Lipinski definition) is 0. The van der Waals surface area contributed by atoms with E-state index < -0.39 is 7.92 Å². The van der Waals surface area contributed by atoms with Crippen LogP contribution in [0.25, 0.3) is 0 Å². The second-order valence-electron chi connectivity index (χ2n) is 7.76. The van der Waals surface area contributed by atoms with Crippen LogP contribution in [0.5, 0.6) is 0 Å². The van der Waals surface area contributed by atoms with E-state index in [0.29, 0.717) is 0 Å². The van der Waals surface area contributed by atoms with Crippen LogP contribution in [0.1, 0.15) is 6.92 Å². The summed E-state index contributed by atoms with van der Waals surface area (Å²) in [7, 11) is -0.595. The molecule has 4 heteroatoms. The minimum absolute atomic E-state index is 0. The van der Waals surface area contributed by atoms with Crippen molar-refractivity contribution in [2.24, 2.45) is 0 Å². The van der Waals surface area contributed by atoms with Gasteiger partial charge in [-0.15, -0.1) is 0 Å². The van der Waals surface area contributed by atoms with Gasteiger partial charge in [0.1, 0.15) is 0 Å². The Morgan fingerprint density at radius 2 is 0.649 bits per heavy atom. The first kappa shape index (κ1) is 30.5. The van der Waals surface area contributed by atoms with Crippen LogP contribution >= 0.6 is 15.8 Å². The van der Waals surface area contributed by atoms with Crippen LogP contribution in [-0.2, 0) is 24.1 Å². The quantitative estimate of drug-likeness (QED) is 0.0905. The standard InChI is InChI=1S/C18H15P.C14H15P.CO.Rh/c1-4-10-16(11-5-1)19(17-12-6-2-7-13-17)18-14-8-3-9-15-18;1-2-15(13-9-5-3-6-10-13)14-11-7-4-8-12-14;1-2;/h1-15H;3-12H,2H2,1H3;;. The molecule has 5 aromatic carbocycles. The third kappa shape index (κ3) is 9.29. The Balaban J connectivity index is 0.000000244.